The van der Waals surface area contributed by atoms with Gasteiger partial charge in [-0.05, 0) is 87.5 Å². The number of nitrogens with one attached hydrogen (secondary N) is 1. The number of para-hydroxylation sites is 2. The van der Waals surface area contributed by atoms with Crippen molar-refractivity contribution in [2.45, 2.75) is 62.5 Å². The van der Waals surface area contributed by atoms with Gasteiger partial charge in [0.2, 0.25) is 11.8 Å². The van der Waals surface area contributed by atoms with Gasteiger partial charge < -0.3 is 19.7 Å². The zero-order valence-electron chi connectivity index (χ0n) is 25.6. The number of carbonyl (C=O) groups is 2. The SMILES string of the molecule is CCOc1ccccc1N(CC(=O)N(Cc1ccc(OC)cc1)C(C)C(=O)NC(C)CC)S(=O)(=O)c1ccc(SC)cc1. The standard InChI is InChI=1S/C32H41N3O6S2/c1-7-23(3)33-32(37)24(4)34(21-25-13-15-26(40-5)16-14-25)31(36)22-35(29-11-9-10-12-30(29)41-8-2)43(38,39)28-19-17-27(42-6)18-20-28/h9-20,23-24H,7-8,21-22H2,1-6H3,(H,33,37). The molecule has 0 spiro atoms. The van der Waals surface area contributed by atoms with Crippen LogP contribution in [0, 0.1) is 0 Å². The first-order valence-corrected chi connectivity index (χ1v) is 16.8. The largest absolute Gasteiger partial charge is 0.497 e. The molecule has 0 aliphatic rings. The highest BCUT2D eigenvalue weighted by Crippen LogP contribution is 2.33. The maximum atomic E-state index is 14.2. The van der Waals surface area contributed by atoms with Crippen molar-refractivity contribution in [1.29, 1.82) is 0 Å². The van der Waals surface area contributed by atoms with E-state index in [1.54, 1.807) is 69.5 Å². The third kappa shape index (κ3) is 8.67. The summed E-state index contributed by atoms with van der Waals surface area (Å²) in [4.78, 5) is 29.8. The summed E-state index contributed by atoms with van der Waals surface area (Å²) in [5, 5.41) is 2.94. The zero-order chi connectivity index (χ0) is 31.6. The number of nitrogens with zero attached hydrogens (tertiary/aromatic N) is 2. The van der Waals surface area contributed by atoms with Crippen molar-refractivity contribution in [2.75, 3.05) is 30.8 Å². The van der Waals surface area contributed by atoms with Gasteiger partial charge in [0.25, 0.3) is 10.0 Å². The van der Waals surface area contributed by atoms with Crippen molar-refractivity contribution in [3.8, 4) is 11.5 Å². The number of carbonyl (C=O) groups excluding carboxylic acids is 2. The zero-order valence-corrected chi connectivity index (χ0v) is 27.2. The smallest absolute Gasteiger partial charge is 0.264 e. The first-order chi connectivity index (χ1) is 20.5. The molecule has 11 heteroatoms. The van der Waals surface area contributed by atoms with Crippen LogP contribution in [0.25, 0.3) is 0 Å². The summed E-state index contributed by atoms with van der Waals surface area (Å²) in [6.07, 6.45) is 2.63. The third-order valence-electron chi connectivity index (χ3n) is 7.04. The van der Waals surface area contributed by atoms with Crippen LogP contribution >= 0.6 is 11.8 Å². The fourth-order valence-electron chi connectivity index (χ4n) is 4.30. The van der Waals surface area contributed by atoms with E-state index in [0.29, 0.717) is 18.1 Å². The summed E-state index contributed by atoms with van der Waals surface area (Å²) >= 11 is 1.50. The number of hydrogen-bond acceptors (Lipinski definition) is 7. The van der Waals surface area contributed by atoms with Gasteiger partial charge in [-0.15, -0.1) is 11.8 Å². The van der Waals surface area contributed by atoms with E-state index in [9.17, 15) is 18.0 Å². The van der Waals surface area contributed by atoms with Gasteiger partial charge >= 0.3 is 0 Å². The number of methoxy groups -OCH3 is 1. The molecule has 2 unspecified atom stereocenters. The molecule has 3 aromatic rings. The van der Waals surface area contributed by atoms with Crippen molar-refractivity contribution in [3.63, 3.8) is 0 Å². The Morgan fingerprint density at radius 1 is 0.953 bits per heavy atom. The first-order valence-electron chi connectivity index (χ1n) is 14.2. The summed E-state index contributed by atoms with van der Waals surface area (Å²) < 4.78 is 40.4. The van der Waals surface area contributed by atoms with Crippen LogP contribution in [-0.2, 0) is 26.2 Å². The highest BCUT2D eigenvalue weighted by Gasteiger charge is 2.34. The summed E-state index contributed by atoms with van der Waals surface area (Å²) in [5.41, 5.74) is 0.988. The average molecular weight is 628 g/mol. The number of hydrogen-bond donors (Lipinski definition) is 1. The topological polar surface area (TPSA) is 105 Å². The molecule has 0 bridgehead atoms. The lowest BCUT2D eigenvalue weighted by Crippen LogP contribution is -2.52. The number of anilines is 1. The van der Waals surface area contributed by atoms with E-state index in [4.69, 9.17) is 9.47 Å². The van der Waals surface area contributed by atoms with Gasteiger partial charge in [-0.2, -0.15) is 0 Å². The molecule has 2 atom stereocenters. The van der Waals surface area contributed by atoms with Crippen LogP contribution in [0.15, 0.2) is 82.6 Å². The van der Waals surface area contributed by atoms with Gasteiger partial charge in [-0.3, -0.25) is 13.9 Å². The van der Waals surface area contributed by atoms with E-state index in [1.165, 1.54) is 28.8 Å². The van der Waals surface area contributed by atoms with Gasteiger partial charge in [0.15, 0.2) is 0 Å². The summed E-state index contributed by atoms with van der Waals surface area (Å²) in [6.45, 7) is 7.14. The van der Waals surface area contributed by atoms with Crippen LogP contribution < -0.4 is 19.1 Å². The Balaban J connectivity index is 2.07. The molecule has 0 aliphatic carbocycles. The molecule has 3 rings (SSSR count). The number of thioether (sulfide) groups is 1. The Morgan fingerprint density at radius 2 is 1.60 bits per heavy atom. The van der Waals surface area contributed by atoms with Crippen molar-refractivity contribution in [3.05, 3.63) is 78.4 Å². The first kappa shape index (κ1) is 33.8. The number of rotatable bonds is 15. The Morgan fingerprint density at radius 3 is 2.19 bits per heavy atom. The number of ether oxygens (including phenoxy) is 2. The minimum atomic E-state index is -4.22. The van der Waals surface area contributed by atoms with Gasteiger partial charge in [-0.25, -0.2) is 8.42 Å². The fraction of sp³-hybridized carbons (Fsp3) is 0.375. The second-order valence-corrected chi connectivity index (χ2v) is 12.7. The molecule has 0 aliphatic heterocycles. The third-order valence-corrected chi connectivity index (χ3v) is 9.56. The predicted molar refractivity (Wildman–Crippen MR) is 171 cm³/mol. The Labute approximate surface area is 259 Å². The predicted octanol–water partition coefficient (Wildman–Crippen LogP) is 5.34. The second kappa shape index (κ2) is 15.7. The van der Waals surface area contributed by atoms with Crippen LogP contribution in [0.3, 0.4) is 0 Å². The van der Waals surface area contributed by atoms with Crippen molar-refractivity contribution >= 4 is 39.3 Å². The highest BCUT2D eigenvalue weighted by molar-refractivity contribution is 7.98. The summed E-state index contributed by atoms with van der Waals surface area (Å²) in [6, 6.07) is 19.4. The molecule has 0 fully saturated rings. The number of benzene rings is 3. The van der Waals surface area contributed by atoms with E-state index in [1.807, 2.05) is 32.2 Å². The number of sulfonamides is 1. The molecular formula is C32H41N3O6S2. The molecule has 3 aromatic carbocycles. The van der Waals surface area contributed by atoms with Crippen LogP contribution in [-0.4, -0.2) is 63.7 Å². The molecule has 43 heavy (non-hydrogen) atoms. The Hall–Kier alpha value is -3.70. The molecule has 0 aromatic heterocycles. The maximum absolute atomic E-state index is 14.2. The van der Waals surface area contributed by atoms with Crippen molar-refractivity contribution in [2.24, 2.45) is 0 Å². The normalized spacial score (nSPS) is 12.6. The van der Waals surface area contributed by atoms with E-state index in [-0.39, 0.29) is 29.1 Å². The van der Waals surface area contributed by atoms with E-state index >= 15 is 0 Å². The lowest BCUT2D eigenvalue weighted by molar-refractivity contribution is -0.139. The highest BCUT2D eigenvalue weighted by atomic mass is 32.2. The maximum Gasteiger partial charge on any atom is 0.264 e. The molecule has 0 heterocycles. The van der Waals surface area contributed by atoms with Gasteiger partial charge in [0, 0.05) is 17.5 Å². The Kier molecular flexibility index (Phi) is 12.3. The lowest BCUT2D eigenvalue weighted by atomic mass is 10.1. The molecular weight excluding hydrogens is 587 g/mol. The number of amides is 2. The molecule has 2 amide bonds. The van der Waals surface area contributed by atoms with Gasteiger partial charge in [-0.1, -0.05) is 31.2 Å². The van der Waals surface area contributed by atoms with E-state index in [2.05, 4.69) is 5.32 Å². The summed E-state index contributed by atoms with van der Waals surface area (Å²) in [7, 11) is -2.65. The summed E-state index contributed by atoms with van der Waals surface area (Å²) in [5.74, 6) is 0.110. The molecule has 232 valence electrons. The second-order valence-electron chi connectivity index (χ2n) is 9.95. The molecule has 0 saturated heterocycles. The Bertz CT molecular complexity index is 1460. The molecule has 1 N–H and O–H groups in total. The van der Waals surface area contributed by atoms with Crippen molar-refractivity contribution in [1.82, 2.24) is 10.2 Å². The van der Waals surface area contributed by atoms with Gasteiger partial charge in [0.1, 0.15) is 24.1 Å². The average Bonchev–Trinajstić information content (AvgIpc) is 3.02. The lowest BCUT2D eigenvalue weighted by Gasteiger charge is -2.33. The fourth-order valence-corrected chi connectivity index (χ4v) is 6.14. The quantitative estimate of drug-likeness (QED) is 0.227. The van der Waals surface area contributed by atoms with Crippen LogP contribution in [0.1, 0.15) is 39.7 Å². The van der Waals surface area contributed by atoms with Crippen LogP contribution in [0.2, 0.25) is 0 Å². The van der Waals surface area contributed by atoms with Crippen molar-refractivity contribution < 1.29 is 27.5 Å². The van der Waals surface area contributed by atoms with Gasteiger partial charge in [0.05, 0.1) is 24.3 Å². The van der Waals surface area contributed by atoms with Crippen LogP contribution in [0.5, 0.6) is 11.5 Å². The van der Waals surface area contributed by atoms with Crippen LogP contribution in [0.4, 0.5) is 5.69 Å². The molecule has 0 radical (unpaired) electrons. The molecule has 0 saturated carbocycles. The minimum absolute atomic E-state index is 0.0358. The molecule has 9 nitrogen and oxygen atoms in total. The van der Waals surface area contributed by atoms with E-state index in [0.717, 1.165) is 21.2 Å². The monoisotopic (exact) mass is 627 g/mol. The van der Waals surface area contributed by atoms with E-state index < -0.39 is 28.5 Å². The minimum Gasteiger partial charge on any atom is -0.497 e.